The Morgan fingerprint density at radius 1 is 1.13 bits per heavy atom. The van der Waals surface area contributed by atoms with Gasteiger partial charge >= 0.3 is 5.97 Å². The molecule has 0 saturated carbocycles. The van der Waals surface area contributed by atoms with Crippen LogP contribution in [-0.4, -0.2) is 26.3 Å². The van der Waals surface area contributed by atoms with Gasteiger partial charge in [0.05, 0.1) is 11.1 Å². The molecule has 0 saturated heterocycles. The van der Waals surface area contributed by atoms with E-state index in [9.17, 15) is 15.0 Å². The van der Waals surface area contributed by atoms with Gasteiger partial charge < -0.3 is 15.3 Å². The SMILES string of the molecule is O=C(O)c1cnc2cc(O)c(O)cc2c1. The van der Waals surface area contributed by atoms with Crippen molar-refractivity contribution in [1.29, 1.82) is 0 Å². The Kier molecular flexibility index (Phi) is 1.93. The third-order valence-corrected chi connectivity index (χ3v) is 2.02. The number of rotatable bonds is 1. The Labute approximate surface area is 84.2 Å². The predicted octanol–water partition coefficient (Wildman–Crippen LogP) is 1.34. The van der Waals surface area contributed by atoms with Gasteiger partial charge in [0.15, 0.2) is 11.5 Å². The van der Waals surface area contributed by atoms with Crippen LogP contribution in [0, 0.1) is 0 Å². The number of carboxylic acid groups (broad SMARTS) is 1. The number of fused-ring (bicyclic) bond motifs is 1. The minimum atomic E-state index is -1.09. The molecule has 0 bridgehead atoms. The second kappa shape index (κ2) is 3.13. The fourth-order valence-electron chi connectivity index (χ4n) is 1.27. The number of aromatic hydroxyl groups is 2. The summed E-state index contributed by atoms with van der Waals surface area (Å²) in [4.78, 5) is 14.5. The molecule has 76 valence electrons. The fourth-order valence-corrected chi connectivity index (χ4v) is 1.27. The van der Waals surface area contributed by atoms with Crippen molar-refractivity contribution in [3.05, 3.63) is 30.0 Å². The summed E-state index contributed by atoms with van der Waals surface area (Å²) in [5.74, 6) is -1.66. The van der Waals surface area contributed by atoms with E-state index in [1.165, 1.54) is 24.4 Å². The minimum Gasteiger partial charge on any atom is -0.504 e. The number of hydrogen-bond acceptors (Lipinski definition) is 4. The van der Waals surface area contributed by atoms with Crippen LogP contribution in [0.15, 0.2) is 24.4 Å². The van der Waals surface area contributed by atoms with Crippen molar-refractivity contribution in [2.45, 2.75) is 0 Å². The highest BCUT2D eigenvalue weighted by atomic mass is 16.4. The molecule has 0 fully saturated rings. The summed E-state index contributed by atoms with van der Waals surface area (Å²) >= 11 is 0. The second-order valence-electron chi connectivity index (χ2n) is 3.06. The van der Waals surface area contributed by atoms with E-state index in [-0.39, 0.29) is 17.1 Å². The van der Waals surface area contributed by atoms with Gasteiger partial charge in [-0.05, 0) is 12.1 Å². The van der Waals surface area contributed by atoms with Gasteiger partial charge in [0.25, 0.3) is 0 Å². The quantitative estimate of drug-likeness (QED) is 0.611. The van der Waals surface area contributed by atoms with Crippen LogP contribution in [0.2, 0.25) is 0 Å². The highest BCUT2D eigenvalue weighted by Gasteiger charge is 2.07. The summed E-state index contributed by atoms with van der Waals surface area (Å²) in [7, 11) is 0. The monoisotopic (exact) mass is 205 g/mol. The van der Waals surface area contributed by atoms with Crippen LogP contribution < -0.4 is 0 Å². The van der Waals surface area contributed by atoms with Crippen LogP contribution in [-0.2, 0) is 0 Å². The largest absolute Gasteiger partial charge is 0.504 e. The molecule has 0 atom stereocenters. The highest BCUT2D eigenvalue weighted by Crippen LogP contribution is 2.29. The van der Waals surface area contributed by atoms with Crippen LogP contribution in [0.25, 0.3) is 10.9 Å². The Morgan fingerprint density at radius 3 is 2.47 bits per heavy atom. The number of benzene rings is 1. The van der Waals surface area contributed by atoms with Crippen molar-refractivity contribution in [2.24, 2.45) is 0 Å². The molecule has 1 heterocycles. The molecular weight excluding hydrogens is 198 g/mol. The molecule has 0 spiro atoms. The summed E-state index contributed by atoms with van der Waals surface area (Å²) in [5.41, 5.74) is 0.461. The Bertz CT molecular complexity index is 550. The van der Waals surface area contributed by atoms with Crippen molar-refractivity contribution in [2.75, 3.05) is 0 Å². The van der Waals surface area contributed by atoms with Gasteiger partial charge in [-0.2, -0.15) is 0 Å². The summed E-state index contributed by atoms with van der Waals surface area (Å²) in [6, 6.07) is 3.92. The molecule has 2 aromatic rings. The lowest BCUT2D eigenvalue weighted by molar-refractivity contribution is 0.0696. The molecule has 0 unspecified atom stereocenters. The lowest BCUT2D eigenvalue weighted by Crippen LogP contribution is -1.96. The van der Waals surface area contributed by atoms with Crippen molar-refractivity contribution >= 4 is 16.9 Å². The first-order chi connectivity index (χ1) is 7.08. The molecule has 0 aliphatic carbocycles. The van der Waals surface area contributed by atoms with E-state index >= 15 is 0 Å². The van der Waals surface area contributed by atoms with Crippen LogP contribution in [0.1, 0.15) is 10.4 Å². The maximum atomic E-state index is 10.6. The van der Waals surface area contributed by atoms with Gasteiger partial charge in [0.1, 0.15) is 0 Å². The van der Waals surface area contributed by atoms with E-state index in [0.717, 1.165) is 0 Å². The first-order valence-electron chi connectivity index (χ1n) is 4.13. The van der Waals surface area contributed by atoms with Gasteiger partial charge in [-0.25, -0.2) is 4.79 Å². The van der Waals surface area contributed by atoms with Gasteiger partial charge in [0, 0.05) is 17.6 Å². The van der Waals surface area contributed by atoms with Gasteiger partial charge in [-0.15, -0.1) is 0 Å². The Morgan fingerprint density at radius 2 is 1.80 bits per heavy atom. The zero-order valence-electron chi connectivity index (χ0n) is 7.51. The number of phenolic OH excluding ortho intramolecular Hbond substituents is 2. The van der Waals surface area contributed by atoms with Gasteiger partial charge in [-0.1, -0.05) is 0 Å². The number of carboxylic acids is 1. The van der Waals surface area contributed by atoms with E-state index in [0.29, 0.717) is 10.9 Å². The molecule has 5 heteroatoms. The number of phenols is 2. The van der Waals surface area contributed by atoms with Crippen LogP contribution in [0.5, 0.6) is 11.5 Å². The van der Waals surface area contributed by atoms with E-state index in [2.05, 4.69) is 4.98 Å². The lowest BCUT2D eigenvalue weighted by atomic mass is 10.1. The average Bonchev–Trinajstić information content (AvgIpc) is 2.19. The van der Waals surface area contributed by atoms with E-state index in [4.69, 9.17) is 5.11 Å². The van der Waals surface area contributed by atoms with E-state index in [1.54, 1.807) is 0 Å². The first kappa shape index (κ1) is 9.26. The molecule has 5 nitrogen and oxygen atoms in total. The van der Waals surface area contributed by atoms with Crippen LogP contribution in [0.3, 0.4) is 0 Å². The lowest BCUT2D eigenvalue weighted by Gasteiger charge is -2.01. The van der Waals surface area contributed by atoms with Crippen molar-refractivity contribution in [3.63, 3.8) is 0 Å². The predicted molar refractivity (Wildman–Crippen MR) is 52.0 cm³/mol. The number of carbonyl (C=O) groups is 1. The summed E-state index contributed by atoms with van der Waals surface area (Å²) in [6.07, 6.45) is 1.20. The minimum absolute atomic E-state index is 0.0348. The van der Waals surface area contributed by atoms with E-state index in [1.807, 2.05) is 0 Å². The van der Waals surface area contributed by atoms with Crippen LogP contribution >= 0.6 is 0 Å². The average molecular weight is 205 g/mol. The normalized spacial score (nSPS) is 10.4. The second-order valence-corrected chi connectivity index (χ2v) is 3.06. The third-order valence-electron chi connectivity index (χ3n) is 2.02. The zero-order valence-corrected chi connectivity index (χ0v) is 7.51. The standard InChI is InChI=1S/C10H7NO4/c12-8-2-5-1-6(10(14)15)4-11-7(5)3-9(8)13/h1-4,12-13H,(H,14,15). The molecule has 3 N–H and O–H groups in total. The Hall–Kier alpha value is -2.30. The molecule has 0 aliphatic heterocycles. The zero-order chi connectivity index (χ0) is 11.0. The Balaban J connectivity index is 2.72. The number of nitrogens with zero attached hydrogens (tertiary/aromatic N) is 1. The van der Waals surface area contributed by atoms with Crippen molar-refractivity contribution in [1.82, 2.24) is 4.98 Å². The van der Waals surface area contributed by atoms with Crippen molar-refractivity contribution < 1.29 is 20.1 Å². The van der Waals surface area contributed by atoms with E-state index < -0.39 is 5.97 Å². The molecular formula is C10H7NO4. The molecule has 0 aliphatic rings. The highest BCUT2D eigenvalue weighted by molar-refractivity contribution is 5.93. The summed E-state index contributed by atoms with van der Waals surface area (Å²) in [5, 5.41) is 27.6. The first-order valence-corrected chi connectivity index (χ1v) is 4.13. The molecule has 0 radical (unpaired) electrons. The number of hydrogen-bond donors (Lipinski definition) is 3. The van der Waals surface area contributed by atoms with Gasteiger partial charge in [-0.3, -0.25) is 4.98 Å². The van der Waals surface area contributed by atoms with Gasteiger partial charge in [0.2, 0.25) is 0 Å². The smallest absolute Gasteiger partial charge is 0.337 e. The number of aromatic nitrogens is 1. The van der Waals surface area contributed by atoms with Crippen LogP contribution in [0.4, 0.5) is 0 Å². The number of pyridine rings is 1. The molecule has 2 rings (SSSR count). The topological polar surface area (TPSA) is 90.7 Å². The molecule has 0 amide bonds. The van der Waals surface area contributed by atoms with Crippen molar-refractivity contribution in [3.8, 4) is 11.5 Å². The maximum Gasteiger partial charge on any atom is 0.337 e. The molecule has 15 heavy (non-hydrogen) atoms. The molecule has 1 aromatic carbocycles. The fraction of sp³-hybridized carbons (Fsp3) is 0. The maximum absolute atomic E-state index is 10.6. The number of aromatic carboxylic acids is 1. The summed E-state index contributed by atoms with van der Waals surface area (Å²) < 4.78 is 0. The molecule has 1 aromatic heterocycles. The third kappa shape index (κ3) is 1.54. The summed E-state index contributed by atoms with van der Waals surface area (Å²) in [6.45, 7) is 0.